The first kappa shape index (κ1) is 15.1. The normalized spacial score (nSPS) is 18.2. The van der Waals surface area contributed by atoms with Crippen LogP contribution in [0, 0.1) is 5.92 Å². The van der Waals surface area contributed by atoms with Gasteiger partial charge in [-0.05, 0) is 36.5 Å². The van der Waals surface area contributed by atoms with Gasteiger partial charge in [0, 0.05) is 5.56 Å². The summed E-state index contributed by atoms with van der Waals surface area (Å²) in [7, 11) is 0. The number of nitrogens with zero attached hydrogens (tertiary/aromatic N) is 1. The van der Waals surface area contributed by atoms with Gasteiger partial charge in [0.25, 0.3) is 0 Å². The Balaban J connectivity index is 1.90. The standard InChI is InChI=1S/C18H27NO/c1-4-5-6-7-8-15-9-11-16(12-10-15)18-19-17(13-20-18)14(2)3/h9-12,14,17H,4-8,13H2,1-3H3/t17-/m1/s1. The molecular weight excluding hydrogens is 246 g/mol. The minimum atomic E-state index is 0.318. The third-order valence-corrected chi connectivity index (χ3v) is 3.96. The Labute approximate surface area is 123 Å². The van der Waals surface area contributed by atoms with E-state index < -0.39 is 0 Å². The summed E-state index contributed by atoms with van der Waals surface area (Å²) in [6.07, 6.45) is 6.46. The minimum absolute atomic E-state index is 0.318. The van der Waals surface area contributed by atoms with E-state index in [4.69, 9.17) is 4.74 Å². The molecule has 0 saturated carbocycles. The molecule has 1 aliphatic rings. The molecule has 1 aliphatic heterocycles. The zero-order valence-electron chi connectivity index (χ0n) is 13.1. The fourth-order valence-electron chi connectivity index (χ4n) is 2.46. The van der Waals surface area contributed by atoms with Crippen molar-refractivity contribution in [2.75, 3.05) is 6.61 Å². The molecule has 0 saturated heterocycles. The Morgan fingerprint density at radius 1 is 1.15 bits per heavy atom. The SMILES string of the molecule is CCCCCCc1ccc(C2=N[C@@H](C(C)C)CO2)cc1. The van der Waals surface area contributed by atoms with E-state index >= 15 is 0 Å². The van der Waals surface area contributed by atoms with E-state index in [0.717, 1.165) is 18.1 Å². The van der Waals surface area contributed by atoms with Gasteiger partial charge in [-0.3, -0.25) is 0 Å². The van der Waals surface area contributed by atoms with E-state index in [2.05, 4.69) is 50.0 Å². The van der Waals surface area contributed by atoms with Crippen molar-refractivity contribution in [3.05, 3.63) is 35.4 Å². The molecule has 0 aromatic heterocycles. The summed E-state index contributed by atoms with van der Waals surface area (Å²) < 4.78 is 5.72. The molecule has 2 rings (SSSR count). The number of hydrogen-bond acceptors (Lipinski definition) is 2. The van der Waals surface area contributed by atoms with Crippen LogP contribution >= 0.6 is 0 Å². The van der Waals surface area contributed by atoms with Crippen LogP contribution in [0.1, 0.15) is 57.6 Å². The van der Waals surface area contributed by atoms with Crippen molar-refractivity contribution in [3.63, 3.8) is 0 Å². The van der Waals surface area contributed by atoms with Crippen molar-refractivity contribution < 1.29 is 4.74 Å². The van der Waals surface area contributed by atoms with Crippen molar-refractivity contribution in [2.45, 2.75) is 58.9 Å². The maximum absolute atomic E-state index is 5.72. The Hall–Kier alpha value is -1.31. The van der Waals surface area contributed by atoms with Gasteiger partial charge in [-0.15, -0.1) is 0 Å². The number of aryl methyl sites for hydroxylation is 1. The molecule has 0 unspecified atom stereocenters. The highest BCUT2D eigenvalue weighted by Gasteiger charge is 2.22. The highest BCUT2D eigenvalue weighted by Crippen LogP contribution is 2.18. The van der Waals surface area contributed by atoms with Gasteiger partial charge in [0.1, 0.15) is 6.61 Å². The fourth-order valence-corrected chi connectivity index (χ4v) is 2.46. The van der Waals surface area contributed by atoms with E-state index in [0.29, 0.717) is 12.0 Å². The summed E-state index contributed by atoms with van der Waals surface area (Å²) in [4.78, 5) is 4.67. The second-order valence-electron chi connectivity index (χ2n) is 6.06. The number of benzene rings is 1. The predicted molar refractivity (Wildman–Crippen MR) is 85.4 cm³/mol. The first-order valence-corrected chi connectivity index (χ1v) is 8.00. The fraction of sp³-hybridized carbons (Fsp3) is 0.611. The molecule has 0 radical (unpaired) electrons. The molecule has 0 aliphatic carbocycles. The van der Waals surface area contributed by atoms with Crippen molar-refractivity contribution in [1.29, 1.82) is 0 Å². The number of rotatable bonds is 7. The first-order chi connectivity index (χ1) is 9.70. The van der Waals surface area contributed by atoms with Crippen LogP contribution in [0.15, 0.2) is 29.3 Å². The zero-order valence-corrected chi connectivity index (χ0v) is 13.1. The average molecular weight is 273 g/mol. The lowest BCUT2D eigenvalue weighted by Crippen LogP contribution is -2.13. The molecule has 20 heavy (non-hydrogen) atoms. The van der Waals surface area contributed by atoms with Gasteiger partial charge in [0.2, 0.25) is 5.90 Å². The van der Waals surface area contributed by atoms with Gasteiger partial charge in [-0.25, -0.2) is 4.99 Å². The molecule has 0 N–H and O–H groups in total. The van der Waals surface area contributed by atoms with Crippen LogP contribution in [-0.4, -0.2) is 18.5 Å². The lowest BCUT2D eigenvalue weighted by atomic mass is 10.0. The summed E-state index contributed by atoms with van der Waals surface area (Å²) >= 11 is 0. The zero-order chi connectivity index (χ0) is 14.4. The topological polar surface area (TPSA) is 21.6 Å². The van der Waals surface area contributed by atoms with Gasteiger partial charge in [-0.1, -0.05) is 52.2 Å². The molecule has 0 fully saturated rings. The van der Waals surface area contributed by atoms with Crippen LogP contribution in [-0.2, 0) is 11.2 Å². The Bertz CT molecular complexity index is 433. The summed E-state index contributed by atoms with van der Waals surface area (Å²) in [6, 6.07) is 9.05. The van der Waals surface area contributed by atoms with E-state index in [1.165, 1.54) is 37.7 Å². The smallest absolute Gasteiger partial charge is 0.216 e. The average Bonchev–Trinajstić information content (AvgIpc) is 2.94. The molecule has 1 heterocycles. The summed E-state index contributed by atoms with van der Waals surface area (Å²) in [6.45, 7) is 7.37. The largest absolute Gasteiger partial charge is 0.475 e. The Morgan fingerprint density at radius 2 is 1.90 bits per heavy atom. The number of aliphatic imine (C=N–C) groups is 1. The Morgan fingerprint density at radius 3 is 2.50 bits per heavy atom. The lowest BCUT2D eigenvalue weighted by Gasteiger charge is -2.06. The van der Waals surface area contributed by atoms with Gasteiger partial charge < -0.3 is 4.74 Å². The van der Waals surface area contributed by atoms with Gasteiger partial charge in [0.05, 0.1) is 6.04 Å². The number of hydrogen-bond donors (Lipinski definition) is 0. The first-order valence-electron chi connectivity index (χ1n) is 8.00. The van der Waals surface area contributed by atoms with Crippen LogP contribution in [0.4, 0.5) is 0 Å². The highest BCUT2D eigenvalue weighted by molar-refractivity contribution is 5.95. The lowest BCUT2D eigenvalue weighted by molar-refractivity contribution is 0.292. The van der Waals surface area contributed by atoms with Crippen molar-refractivity contribution in [2.24, 2.45) is 10.9 Å². The van der Waals surface area contributed by atoms with Crippen molar-refractivity contribution in [1.82, 2.24) is 0 Å². The van der Waals surface area contributed by atoms with Gasteiger partial charge >= 0.3 is 0 Å². The van der Waals surface area contributed by atoms with E-state index in [-0.39, 0.29) is 0 Å². The van der Waals surface area contributed by atoms with Crippen LogP contribution in [0.5, 0.6) is 0 Å². The summed E-state index contributed by atoms with van der Waals surface area (Å²) in [5.74, 6) is 1.37. The minimum Gasteiger partial charge on any atom is -0.475 e. The van der Waals surface area contributed by atoms with E-state index in [1.54, 1.807) is 0 Å². The molecule has 2 nitrogen and oxygen atoms in total. The van der Waals surface area contributed by atoms with Crippen molar-refractivity contribution >= 4 is 5.90 Å². The van der Waals surface area contributed by atoms with Crippen LogP contribution in [0.25, 0.3) is 0 Å². The molecule has 0 bridgehead atoms. The predicted octanol–water partition coefficient (Wildman–Crippen LogP) is 4.61. The third kappa shape index (κ3) is 4.09. The number of unbranched alkanes of at least 4 members (excludes halogenated alkanes) is 3. The quantitative estimate of drug-likeness (QED) is 0.665. The molecule has 110 valence electrons. The number of ether oxygens (including phenoxy) is 1. The highest BCUT2D eigenvalue weighted by atomic mass is 16.5. The molecule has 1 aromatic rings. The molecule has 0 spiro atoms. The van der Waals surface area contributed by atoms with Crippen molar-refractivity contribution in [3.8, 4) is 0 Å². The maximum atomic E-state index is 5.72. The van der Waals surface area contributed by atoms with Gasteiger partial charge in [0.15, 0.2) is 0 Å². The summed E-state index contributed by atoms with van der Waals surface area (Å²) in [5, 5.41) is 0. The van der Waals surface area contributed by atoms with Crippen LogP contribution in [0.2, 0.25) is 0 Å². The molecule has 0 amide bonds. The monoisotopic (exact) mass is 273 g/mol. The van der Waals surface area contributed by atoms with E-state index in [1.807, 2.05) is 0 Å². The third-order valence-electron chi connectivity index (χ3n) is 3.96. The Kier molecular flexibility index (Phi) is 5.63. The molecular formula is C18H27NO. The second kappa shape index (κ2) is 7.47. The van der Waals surface area contributed by atoms with Crippen LogP contribution < -0.4 is 0 Å². The summed E-state index contributed by atoms with van der Waals surface area (Å²) in [5.41, 5.74) is 2.54. The molecule has 2 heteroatoms. The van der Waals surface area contributed by atoms with Crippen LogP contribution in [0.3, 0.4) is 0 Å². The molecule has 1 atom stereocenters. The second-order valence-corrected chi connectivity index (χ2v) is 6.06. The maximum Gasteiger partial charge on any atom is 0.216 e. The van der Waals surface area contributed by atoms with E-state index in [9.17, 15) is 0 Å². The van der Waals surface area contributed by atoms with Gasteiger partial charge in [-0.2, -0.15) is 0 Å². The molecule has 1 aromatic carbocycles.